The smallest absolute Gasteiger partial charge is 0.226 e. The summed E-state index contributed by atoms with van der Waals surface area (Å²) in [6, 6.07) is 9.57. The van der Waals surface area contributed by atoms with Crippen molar-refractivity contribution in [3.63, 3.8) is 0 Å². The number of nitrogens with one attached hydrogen (secondary N) is 1. The molecule has 1 N–H and O–H groups in total. The standard InChI is InChI=1S/C16H20ClN3O2/c1-11-10-15(19-22-11)18-16(21)8-9-20(3)12(2)13-6-4-5-7-14(13)17/h4-7,10,12H,8-9H2,1-3H3,(H,18,19,21). The van der Waals surface area contributed by atoms with Crippen molar-refractivity contribution in [2.75, 3.05) is 18.9 Å². The van der Waals surface area contributed by atoms with Crippen molar-refractivity contribution in [2.45, 2.75) is 26.3 Å². The number of halogens is 1. The summed E-state index contributed by atoms with van der Waals surface area (Å²) in [6.45, 7) is 4.47. The van der Waals surface area contributed by atoms with Gasteiger partial charge in [-0.3, -0.25) is 9.69 Å². The predicted octanol–water partition coefficient (Wildman–Crippen LogP) is 3.66. The van der Waals surface area contributed by atoms with Crippen LogP contribution in [-0.4, -0.2) is 29.6 Å². The molecule has 0 saturated heterocycles. The zero-order valence-electron chi connectivity index (χ0n) is 13.0. The zero-order chi connectivity index (χ0) is 16.1. The molecule has 0 bridgehead atoms. The molecule has 22 heavy (non-hydrogen) atoms. The van der Waals surface area contributed by atoms with E-state index < -0.39 is 0 Å². The molecule has 1 aromatic heterocycles. The van der Waals surface area contributed by atoms with E-state index in [1.165, 1.54) is 0 Å². The van der Waals surface area contributed by atoms with E-state index in [1.54, 1.807) is 13.0 Å². The monoisotopic (exact) mass is 321 g/mol. The molecule has 0 fully saturated rings. The topological polar surface area (TPSA) is 58.4 Å². The molecule has 2 aromatic rings. The lowest BCUT2D eigenvalue weighted by molar-refractivity contribution is -0.116. The lowest BCUT2D eigenvalue weighted by Gasteiger charge is -2.25. The van der Waals surface area contributed by atoms with Crippen molar-refractivity contribution in [3.05, 3.63) is 46.7 Å². The molecule has 1 amide bonds. The molecule has 0 aliphatic rings. The highest BCUT2D eigenvalue weighted by Gasteiger charge is 2.15. The fraction of sp³-hybridized carbons (Fsp3) is 0.375. The maximum absolute atomic E-state index is 11.9. The van der Waals surface area contributed by atoms with Gasteiger partial charge in [-0.25, -0.2) is 0 Å². The molecule has 1 atom stereocenters. The molecule has 0 saturated carbocycles. The van der Waals surface area contributed by atoms with Crippen molar-refractivity contribution in [1.82, 2.24) is 10.1 Å². The molecule has 1 unspecified atom stereocenters. The van der Waals surface area contributed by atoms with Crippen LogP contribution in [0.5, 0.6) is 0 Å². The van der Waals surface area contributed by atoms with Gasteiger partial charge in [-0.1, -0.05) is 35.0 Å². The molecule has 0 aliphatic carbocycles. The fourth-order valence-electron chi connectivity index (χ4n) is 2.15. The number of hydrogen-bond acceptors (Lipinski definition) is 4. The Hall–Kier alpha value is -1.85. The van der Waals surface area contributed by atoms with E-state index in [9.17, 15) is 4.79 Å². The Bertz CT molecular complexity index is 642. The Morgan fingerprint density at radius 2 is 2.18 bits per heavy atom. The van der Waals surface area contributed by atoms with Gasteiger partial charge >= 0.3 is 0 Å². The second-order valence-electron chi connectivity index (χ2n) is 5.30. The van der Waals surface area contributed by atoms with Gasteiger partial charge in [0, 0.05) is 30.1 Å². The van der Waals surface area contributed by atoms with Gasteiger partial charge in [-0.15, -0.1) is 0 Å². The van der Waals surface area contributed by atoms with Crippen LogP contribution < -0.4 is 5.32 Å². The van der Waals surface area contributed by atoms with Crippen molar-refractivity contribution in [2.24, 2.45) is 0 Å². The second-order valence-corrected chi connectivity index (χ2v) is 5.71. The minimum absolute atomic E-state index is 0.0912. The van der Waals surface area contributed by atoms with E-state index in [-0.39, 0.29) is 11.9 Å². The summed E-state index contributed by atoms with van der Waals surface area (Å²) >= 11 is 6.21. The molecule has 0 aliphatic heterocycles. The number of nitrogens with zero attached hydrogens (tertiary/aromatic N) is 2. The summed E-state index contributed by atoms with van der Waals surface area (Å²) in [5.41, 5.74) is 1.05. The average molecular weight is 322 g/mol. The average Bonchev–Trinajstić information content (AvgIpc) is 2.89. The lowest BCUT2D eigenvalue weighted by atomic mass is 10.1. The highest BCUT2D eigenvalue weighted by atomic mass is 35.5. The minimum atomic E-state index is -0.0912. The summed E-state index contributed by atoms with van der Waals surface area (Å²) < 4.78 is 4.91. The van der Waals surface area contributed by atoms with Gasteiger partial charge in [-0.05, 0) is 32.5 Å². The van der Waals surface area contributed by atoms with Crippen LogP contribution in [-0.2, 0) is 4.79 Å². The van der Waals surface area contributed by atoms with Crippen LogP contribution in [0.4, 0.5) is 5.82 Å². The van der Waals surface area contributed by atoms with Crippen molar-refractivity contribution >= 4 is 23.3 Å². The Labute approximate surface area is 135 Å². The van der Waals surface area contributed by atoms with E-state index in [2.05, 4.69) is 22.3 Å². The molecule has 1 aromatic carbocycles. The minimum Gasteiger partial charge on any atom is -0.360 e. The number of anilines is 1. The summed E-state index contributed by atoms with van der Waals surface area (Å²) in [4.78, 5) is 14.0. The van der Waals surface area contributed by atoms with Gasteiger partial charge < -0.3 is 9.84 Å². The Balaban J connectivity index is 1.85. The SMILES string of the molecule is Cc1cc(NC(=O)CCN(C)C(C)c2ccccc2Cl)no1. The Morgan fingerprint density at radius 1 is 1.45 bits per heavy atom. The van der Waals surface area contributed by atoms with Crippen molar-refractivity contribution in [3.8, 4) is 0 Å². The first-order chi connectivity index (χ1) is 10.5. The highest BCUT2D eigenvalue weighted by Crippen LogP contribution is 2.26. The van der Waals surface area contributed by atoms with Gasteiger partial charge in [0.1, 0.15) is 5.76 Å². The number of rotatable bonds is 6. The normalized spacial score (nSPS) is 12.4. The third-order valence-corrected chi connectivity index (χ3v) is 3.95. The second kappa shape index (κ2) is 7.42. The highest BCUT2D eigenvalue weighted by molar-refractivity contribution is 6.31. The van der Waals surface area contributed by atoms with Gasteiger partial charge in [0.15, 0.2) is 5.82 Å². The molecule has 6 heteroatoms. The van der Waals surface area contributed by atoms with Crippen LogP contribution >= 0.6 is 11.6 Å². The van der Waals surface area contributed by atoms with Crippen molar-refractivity contribution in [1.29, 1.82) is 0 Å². The number of carbonyl (C=O) groups is 1. The van der Waals surface area contributed by atoms with Crippen LogP contribution in [0.15, 0.2) is 34.9 Å². The molecule has 118 valence electrons. The quantitative estimate of drug-likeness (QED) is 0.882. The van der Waals surface area contributed by atoms with E-state index >= 15 is 0 Å². The first kappa shape index (κ1) is 16.5. The van der Waals surface area contributed by atoms with E-state index in [1.807, 2.05) is 31.3 Å². The van der Waals surface area contributed by atoms with Gasteiger partial charge in [0.05, 0.1) is 0 Å². The summed E-state index contributed by atoms with van der Waals surface area (Å²) in [7, 11) is 1.97. The first-order valence-electron chi connectivity index (χ1n) is 7.15. The van der Waals surface area contributed by atoms with Crippen LogP contribution in [0.3, 0.4) is 0 Å². The molecule has 2 rings (SSSR count). The van der Waals surface area contributed by atoms with Gasteiger partial charge in [-0.2, -0.15) is 0 Å². The Morgan fingerprint density at radius 3 is 2.82 bits per heavy atom. The number of hydrogen-bond donors (Lipinski definition) is 1. The third kappa shape index (κ3) is 4.32. The number of carbonyl (C=O) groups excluding carboxylic acids is 1. The molecule has 1 heterocycles. The van der Waals surface area contributed by atoms with E-state index in [4.69, 9.17) is 16.1 Å². The zero-order valence-corrected chi connectivity index (χ0v) is 13.7. The van der Waals surface area contributed by atoms with Crippen LogP contribution in [0.2, 0.25) is 5.02 Å². The largest absolute Gasteiger partial charge is 0.360 e. The molecular formula is C16H20ClN3O2. The van der Waals surface area contributed by atoms with E-state index in [0.29, 0.717) is 24.5 Å². The number of benzene rings is 1. The predicted molar refractivity (Wildman–Crippen MR) is 87.0 cm³/mol. The maximum Gasteiger partial charge on any atom is 0.226 e. The summed E-state index contributed by atoms with van der Waals surface area (Å²) in [5.74, 6) is 1.02. The maximum atomic E-state index is 11.9. The molecule has 0 radical (unpaired) electrons. The summed E-state index contributed by atoms with van der Waals surface area (Å²) in [6.07, 6.45) is 0.372. The fourth-order valence-corrected chi connectivity index (χ4v) is 2.45. The van der Waals surface area contributed by atoms with E-state index in [0.717, 1.165) is 10.6 Å². The summed E-state index contributed by atoms with van der Waals surface area (Å²) in [5, 5.41) is 7.19. The number of aryl methyl sites for hydroxylation is 1. The number of aromatic nitrogens is 1. The first-order valence-corrected chi connectivity index (χ1v) is 7.53. The number of amides is 1. The Kier molecular flexibility index (Phi) is 5.57. The third-order valence-electron chi connectivity index (χ3n) is 3.60. The van der Waals surface area contributed by atoms with Crippen LogP contribution in [0.25, 0.3) is 0 Å². The van der Waals surface area contributed by atoms with Crippen LogP contribution in [0.1, 0.15) is 30.7 Å². The van der Waals surface area contributed by atoms with Gasteiger partial charge in [0.25, 0.3) is 0 Å². The van der Waals surface area contributed by atoms with Crippen LogP contribution in [0, 0.1) is 6.92 Å². The lowest BCUT2D eigenvalue weighted by Crippen LogP contribution is -2.27. The molecule has 0 spiro atoms. The molecule has 5 nitrogen and oxygen atoms in total. The molecular weight excluding hydrogens is 302 g/mol. The van der Waals surface area contributed by atoms with Gasteiger partial charge in [0.2, 0.25) is 5.91 Å². The van der Waals surface area contributed by atoms with Crippen molar-refractivity contribution < 1.29 is 9.32 Å².